The summed E-state index contributed by atoms with van der Waals surface area (Å²) in [5.41, 5.74) is 3.55. The maximum atomic E-state index is 13.1. The van der Waals surface area contributed by atoms with Crippen LogP contribution >= 0.6 is 0 Å². The van der Waals surface area contributed by atoms with Gasteiger partial charge >= 0.3 is 0 Å². The number of aromatic nitrogens is 2. The van der Waals surface area contributed by atoms with Crippen LogP contribution in [0.5, 0.6) is 0 Å². The minimum absolute atomic E-state index is 0.0285. The molecule has 0 aliphatic carbocycles. The minimum atomic E-state index is -0.0285. The molecule has 0 spiro atoms. The molecule has 0 saturated carbocycles. The lowest BCUT2D eigenvalue weighted by Gasteiger charge is -2.33. The molecule has 1 amide bonds. The van der Waals surface area contributed by atoms with Crippen molar-refractivity contribution in [1.82, 2.24) is 9.97 Å². The lowest BCUT2D eigenvalue weighted by atomic mass is 10.0. The van der Waals surface area contributed by atoms with E-state index in [0.29, 0.717) is 23.8 Å². The molecule has 3 aromatic rings. The summed E-state index contributed by atoms with van der Waals surface area (Å²) in [5, 5.41) is 0. The van der Waals surface area contributed by atoms with Gasteiger partial charge in [-0.3, -0.25) is 9.69 Å². The van der Waals surface area contributed by atoms with Gasteiger partial charge in [0.05, 0.1) is 11.0 Å². The number of carbonyl (C=O) groups is 1. The molecule has 0 radical (unpaired) electrons. The average Bonchev–Trinajstić information content (AvgIpc) is 2.67. The largest absolute Gasteiger partial charge is 0.355 e. The fourth-order valence-corrected chi connectivity index (χ4v) is 3.24. The normalized spacial score (nSPS) is 14.0. The van der Waals surface area contributed by atoms with Crippen molar-refractivity contribution >= 4 is 28.6 Å². The third-order valence-corrected chi connectivity index (χ3v) is 4.88. The van der Waals surface area contributed by atoms with E-state index in [1.807, 2.05) is 55.6 Å². The van der Waals surface area contributed by atoms with Crippen molar-refractivity contribution in [3.05, 3.63) is 59.7 Å². The lowest BCUT2D eigenvalue weighted by molar-refractivity contribution is 0.0986. The average molecular weight is 346 g/mol. The van der Waals surface area contributed by atoms with Gasteiger partial charge in [-0.15, -0.1) is 0 Å². The van der Waals surface area contributed by atoms with Crippen LogP contribution in [0.15, 0.2) is 48.5 Å². The molecule has 5 heteroatoms. The first-order valence-corrected chi connectivity index (χ1v) is 8.94. The Morgan fingerprint density at radius 3 is 2.15 bits per heavy atom. The maximum absolute atomic E-state index is 13.1. The smallest absolute Gasteiger partial charge is 0.259 e. The molecule has 1 aliphatic heterocycles. The predicted molar refractivity (Wildman–Crippen MR) is 105 cm³/mol. The van der Waals surface area contributed by atoms with E-state index in [2.05, 4.69) is 18.7 Å². The first kappa shape index (κ1) is 16.5. The highest BCUT2D eigenvalue weighted by atomic mass is 16.2. The Labute approximate surface area is 153 Å². The monoisotopic (exact) mass is 346 g/mol. The second-order valence-electron chi connectivity index (χ2n) is 7.01. The third-order valence-electron chi connectivity index (χ3n) is 4.88. The fraction of sp³-hybridized carbons (Fsp3) is 0.286. The van der Waals surface area contributed by atoms with Gasteiger partial charge in [0.2, 0.25) is 0 Å². The summed E-state index contributed by atoms with van der Waals surface area (Å²) < 4.78 is 0. The molecule has 26 heavy (non-hydrogen) atoms. The second-order valence-corrected chi connectivity index (χ2v) is 7.01. The third kappa shape index (κ3) is 2.79. The van der Waals surface area contributed by atoms with Gasteiger partial charge in [-0.05, 0) is 35.7 Å². The summed E-state index contributed by atoms with van der Waals surface area (Å²) in [6, 6.07) is 15.6. The first-order valence-electron chi connectivity index (χ1n) is 8.94. The van der Waals surface area contributed by atoms with Crippen LogP contribution in [0.2, 0.25) is 0 Å². The number of likely N-dealkylation sites (N-methyl/N-ethyl adjacent to an activating group) is 1. The molecule has 0 saturated heterocycles. The molecule has 132 valence electrons. The van der Waals surface area contributed by atoms with E-state index in [0.717, 1.165) is 23.4 Å². The Kier molecular flexibility index (Phi) is 4.07. The number of anilines is 2. The van der Waals surface area contributed by atoms with Crippen LogP contribution in [0, 0.1) is 0 Å². The van der Waals surface area contributed by atoms with E-state index >= 15 is 0 Å². The Bertz CT molecular complexity index is 965. The molecule has 1 aromatic heterocycles. The zero-order valence-electron chi connectivity index (χ0n) is 15.3. The van der Waals surface area contributed by atoms with Gasteiger partial charge in [-0.25, -0.2) is 9.97 Å². The van der Waals surface area contributed by atoms with Crippen molar-refractivity contribution in [3.8, 4) is 0 Å². The van der Waals surface area contributed by atoms with Crippen molar-refractivity contribution in [3.63, 3.8) is 0 Å². The standard InChI is InChI=1S/C21H22N4O/c1-14(2)15-8-10-16(11-9-15)21(26)25-13-12-24(3)19-20(25)23-18-7-5-4-6-17(18)22-19/h4-11,14H,12-13H2,1-3H3. The van der Waals surface area contributed by atoms with Crippen molar-refractivity contribution < 1.29 is 4.79 Å². The molecule has 0 N–H and O–H groups in total. The van der Waals surface area contributed by atoms with Crippen LogP contribution in [-0.4, -0.2) is 36.0 Å². The molecule has 0 fully saturated rings. The lowest BCUT2D eigenvalue weighted by Crippen LogP contribution is -2.43. The van der Waals surface area contributed by atoms with Crippen LogP contribution < -0.4 is 9.80 Å². The van der Waals surface area contributed by atoms with E-state index in [1.165, 1.54) is 5.56 Å². The van der Waals surface area contributed by atoms with Crippen LogP contribution in [0.1, 0.15) is 35.7 Å². The van der Waals surface area contributed by atoms with Crippen LogP contribution in [0.4, 0.5) is 11.6 Å². The van der Waals surface area contributed by atoms with Crippen molar-refractivity contribution in [2.45, 2.75) is 19.8 Å². The van der Waals surface area contributed by atoms with Crippen LogP contribution in [0.3, 0.4) is 0 Å². The van der Waals surface area contributed by atoms with Crippen molar-refractivity contribution in [2.24, 2.45) is 0 Å². The highest BCUT2D eigenvalue weighted by Gasteiger charge is 2.29. The molecule has 0 unspecified atom stereocenters. The van der Waals surface area contributed by atoms with Gasteiger partial charge in [0, 0.05) is 25.7 Å². The number of para-hydroxylation sites is 2. The zero-order chi connectivity index (χ0) is 18.3. The molecule has 0 atom stereocenters. The predicted octanol–water partition coefficient (Wildman–Crippen LogP) is 3.85. The molecule has 2 aromatic carbocycles. The molecule has 0 bridgehead atoms. The number of benzene rings is 2. The topological polar surface area (TPSA) is 49.3 Å². The molecule has 4 rings (SSSR count). The van der Waals surface area contributed by atoms with E-state index in [1.54, 1.807) is 4.90 Å². The van der Waals surface area contributed by atoms with Crippen molar-refractivity contribution in [1.29, 1.82) is 0 Å². The molecular weight excluding hydrogens is 324 g/mol. The number of carbonyl (C=O) groups excluding carboxylic acids is 1. The number of fused-ring (bicyclic) bond motifs is 2. The molecule has 5 nitrogen and oxygen atoms in total. The summed E-state index contributed by atoms with van der Waals surface area (Å²) in [6.07, 6.45) is 0. The van der Waals surface area contributed by atoms with Gasteiger partial charge in [-0.2, -0.15) is 0 Å². The first-order chi connectivity index (χ1) is 12.5. The van der Waals surface area contributed by atoms with Crippen molar-refractivity contribution in [2.75, 3.05) is 29.9 Å². The van der Waals surface area contributed by atoms with Gasteiger partial charge < -0.3 is 4.90 Å². The maximum Gasteiger partial charge on any atom is 0.259 e. The minimum Gasteiger partial charge on any atom is -0.355 e. The summed E-state index contributed by atoms with van der Waals surface area (Å²) in [4.78, 5) is 26.4. The van der Waals surface area contributed by atoms with E-state index in [9.17, 15) is 4.79 Å². The van der Waals surface area contributed by atoms with E-state index in [-0.39, 0.29) is 5.91 Å². The fourth-order valence-electron chi connectivity index (χ4n) is 3.24. The number of rotatable bonds is 2. The SMILES string of the molecule is CC(C)c1ccc(C(=O)N2CCN(C)c3nc4ccccc4nc32)cc1. The summed E-state index contributed by atoms with van der Waals surface area (Å²) in [5.74, 6) is 1.80. The molecule has 1 aliphatic rings. The highest BCUT2D eigenvalue weighted by molar-refractivity contribution is 6.07. The quantitative estimate of drug-likeness (QED) is 0.707. The Morgan fingerprint density at radius 2 is 1.54 bits per heavy atom. The summed E-state index contributed by atoms with van der Waals surface area (Å²) in [7, 11) is 1.99. The Hall–Kier alpha value is -2.95. The van der Waals surface area contributed by atoms with Gasteiger partial charge in [0.1, 0.15) is 0 Å². The number of hydrogen-bond acceptors (Lipinski definition) is 4. The number of hydrogen-bond donors (Lipinski definition) is 0. The Morgan fingerprint density at radius 1 is 0.923 bits per heavy atom. The Balaban J connectivity index is 1.75. The van der Waals surface area contributed by atoms with Gasteiger partial charge in [0.15, 0.2) is 11.6 Å². The van der Waals surface area contributed by atoms with Crippen LogP contribution in [-0.2, 0) is 0 Å². The number of nitrogens with zero attached hydrogens (tertiary/aromatic N) is 4. The van der Waals surface area contributed by atoms with Gasteiger partial charge in [0.25, 0.3) is 5.91 Å². The summed E-state index contributed by atoms with van der Waals surface area (Å²) >= 11 is 0. The number of amides is 1. The van der Waals surface area contributed by atoms with Crippen LogP contribution in [0.25, 0.3) is 11.0 Å². The van der Waals surface area contributed by atoms with Gasteiger partial charge in [-0.1, -0.05) is 38.1 Å². The second kappa shape index (κ2) is 6.41. The van der Waals surface area contributed by atoms with E-state index < -0.39 is 0 Å². The summed E-state index contributed by atoms with van der Waals surface area (Å²) in [6.45, 7) is 5.62. The highest BCUT2D eigenvalue weighted by Crippen LogP contribution is 2.31. The van der Waals surface area contributed by atoms with E-state index in [4.69, 9.17) is 9.97 Å². The molecular formula is C21H22N4O. The molecule has 2 heterocycles. The zero-order valence-corrected chi connectivity index (χ0v) is 15.3.